The first-order chi connectivity index (χ1) is 11.7. The zero-order chi connectivity index (χ0) is 16.9. The fourth-order valence-corrected chi connectivity index (χ4v) is 3.01. The Balaban J connectivity index is 2.08. The minimum absolute atomic E-state index is 0.0300. The van der Waals surface area contributed by atoms with E-state index in [1.54, 1.807) is 6.20 Å². The van der Waals surface area contributed by atoms with Crippen LogP contribution in [0.15, 0.2) is 42.6 Å². The van der Waals surface area contributed by atoms with Crippen LogP contribution >= 0.6 is 0 Å². The number of hydrogen-bond acceptors (Lipinski definition) is 3. The largest absolute Gasteiger partial charge is 0.481 e. The number of carboxylic acids is 1. The molecule has 0 bridgehead atoms. The first-order valence-corrected chi connectivity index (χ1v) is 8.16. The number of carbonyl (C=O) groups is 1. The highest BCUT2D eigenvalue weighted by Crippen LogP contribution is 2.31. The Morgan fingerprint density at radius 3 is 2.79 bits per heavy atom. The normalized spacial score (nSPS) is 11.0. The van der Waals surface area contributed by atoms with E-state index in [-0.39, 0.29) is 6.42 Å². The zero-order valence-corrected chi connectivity index (χ0v) is 13.5. The highest BCUT2D eigenvalue weighted by atomic mass is 16.4. The van der Waals surface area contributed by atoms with Crippen molar-refractivity contribution in [2.45, 2.75) is 25.7 Å². The third kappa shape index (κ3) is 3.46. The van der Waals surface area contributed by atoms with E-state index in [1.165, 1.54) is 5.56 Å². The number of nitrogens with two attached hydrogens (primary N) is 1. The molecule has 124 valence electrons. The van der Waals surface area contributed by atoms with Gasteiger partial charge >= 0.3 is 5.97 Å². The van der Waals surface area contributed by atoms with Crippen molar-refractivity contribution in [1.82, 2.24) is 9.97 Å². The number of H-pyrrole nitrogens is 1. The number of unbranched alkanes of at least 4 members (excludes halogenated alkanes) is 1. The fraction of sp³-hybridized carbons (Fsp3) is 0.263. The standard InChI is InChI=1S/C19H21N3O2/c20-9-3-1-5-14-15-11-13(12-18(23)24)7-8-16(15)22-19(14)17-6-2-4-10-21-17/h2,4,6-8,10-11,22H,1,3,5,9,12,20H2,(H,23,24). The van der Waals surface area contributed by atoms with E-state index >= 15 is 0 Å². The molecule has 0 saturated carbocycles. The van der Waals surface area contributed by atoms with E-state index in [0.717, 1.165) is 47.1 Å². The van der Waals surface area contributed by atoms with Gasteiger partial charge in [-0.25, -0.2) is 0 Å². The topological polar surface area (TPSA) is 92.0 Å². The van der Waals surface area contributed by atoms with Gasteiger partial charge in [0.2, 0.25) is 0 Å². The van der Waals surface area contributed by atoms with Gasteiger partial charge < -0.3 is 15.8 Å². The van der Waals surface area contributed by atoms with Crippen LogP contribution in [-0.4, -0.2) is 27.6 Å². The van der Waals surface area contributed by atoms with Gasteiger partial charge in [0.05, 0.1) is 17.8 Å². The maximum Gasteiger partial charge on any atom is 0.307 e. The highest BCUT2D eigenvalue weighted by Gasteiger charge is 2.14. The molecular formula is C19H21N3O2. The number of nitrogens with one attached hydrogen (secondary N) is 1. The van der Waals surface area contributed by atoms with Crippen molar-refractivity contribution >= 4 is 16.9 Å². The Morgan fingerprint density at radius 1 is 1.21 bits per heavy atom. The molecule has 5 heteroatoms. The fourth-order valence-electron chi connectivity index (χ4n) is 3.01. The van der Waals surface area contributed by atoms with Gasteiger partial charge in [-0.05, 0) is 61.2 Å². The summed E-state index contributed by atoms with van der Waals surface area (Å²) in [5, 5.41) is 10.1. The lowest BCUT2D eigenvalue weighted by atomic mass is 10.0. The summed E-state index contributed by atoms with van der Waals surface area (Å²) < 4.78 is 0. The molecule has 24 heavy (non-hydrogen) atoms. The predicted molar refractivity (Wildman–Crippen MR) is 94.9 cm³/mol. The molecule has 0 unspecified atom stereocenters. The lowest BCUT2D eigenvalue weighted by Crippen LogP contribution is -2.00. The maximum absolute atomic E-state index is 11.0. The molecule has 0 radical (unpaired) electrons. The summed E-state index contributed by atoms with van der Waals surface area (Å²) in [5.41, 5.74) is 10.5. The monoisotopic (exact) mass is 323 g/mol. The van der Waals surface area contributed by atoms with Gasteiger partial charge in [0.15, 0.2) is 0 Å². The molecule has 2 heterocycles. The molecule has 3 aromatic rings. The number of hydrogen-bond donors (Lipinski definition) is 3. The van der Waals surface area contributed by atoms with Crippen molar-refractivity contribution < 1.29 is 9.90 Å². The zero-order valence-electron chi connectivity index (χ0n) is 13.5. The van der Waals surface area contributed by atoms with Crippen molar-refractivity contribution in [3.8, 4) is 11.4 Å². The molecule has 2 aromatic heterocycles. The second-order valence-corrected chi connectivity index (χ2v) is 5.89. The number of aliphatic carboxylic acids is 1. The Hall–Kier alpha value is -2.66. The van der Waals surface area contributed by atoms with Gasteiger partial charge in [-0.1, -0.05) is 12.1 Å². The van der Waals surface area contributed by atoms with Crippen LogP contribution in [0.25, 0.3) is 22.3 Å². The Kier molecular flexibility index (Phi) is 4.91. The molecule has 4 N–H and O–H groups in total. The number of aromatic amines is 1. The Bertz CT molecular complexity index is 840. The smallest absolute Gasteiger partial charge is 0.307 e. The SMILES string of the molecule is NCCCCc1c(-c2ccccn2)[nH]c2ccc(CC(=O)O)cc12. The van der Waals surface area contributed by atoms with Crippen LogP contribution < -0.4 is 5.73 Å². The lowest BCUT2D eigenvalue weighted by Gasteiger charge is -2.05. The highest BCUT2D eigenvalue weighted by molar-refractivity contribution is 5.91. The summed E-state index contributed by atoms with van der Waals surface area (Å²) in [5.74, 6) is -0.820. The van der Waals surface area contributed by atoms with Gasteiger partial charge in [0.1, 0.15) is 0 Å². The first-order valence-electron chi connectivity index (χ1n) is 8.16. The molecule has 1 aromatic carbocycles. The summed E-state index contributed by atoms with van der Waals surface area (Å²) in [6.07, 6.45) is 4.65. The molecule has 0 atom stereocenters. The Labute approximate surface area is 140 Å². The van der Waals surface area contributed by atoms with Gasteiger partial charge in [-0.15, -0.1) is 0 Å². The first kappa shape index (κ1) is 16.2. The second-order valence-electron chi connectivity index (χ2n) is 5.89. The summed E-state index contributed by atoms with van der Waals surface area (Å²) in [7, 11) is 0. The van der Waals surface area contributed by atoms with E-state index in [1.807, 2.05) is 36.4 Å². The van der Waals surface area contributed by atoms with E-state index in [9.17, 15) is 4.79 Å². The van der Waals surface area contributed by atoms with Crippen LogP contribution in [0, 0.1) is 0 Å². The van der Waals surface area contributed by atoms with Crippen LogP contribution in [0.1, 0.15) is 24.0 Å². The van der Waals surface area contributed by atoms with Crippen LogP contribution in [0.5, 0.6) is 0 Å². The summed E-state index contributed by atoms with van der Waals surface area (Å²) in [6.45, 7) is 0.672. The molecule has 0 aliphatic heterocycles. The number of benzene rings is 1. The summed E-state index contributed by atoms with van der Waals surface area (Å²) in [6, 6.07) is 11.6. The molecule has 0 spiro atoms. The summed E-state index contributed by atoms with van der Waals surface area (Å²) >= 11 is 0. The molecule has 3 rings (SSSR count). The number of carboxylic acid groups (broad SMARTS) is 1. The quantitative estimate of drug-likeness (QED) is 0.582. The van der Waals surface area contributed by atoms with Crippen molar-refractivity contribution in [3.63, 3.8) is 0 Å². The molecule has 0 amide bonds. The number of rotatable bonds is 7. The average Bonchev–Trinajstić information content (AvgIpc) is 2.94. The molecular weight excluding hydrogens is 302 g/mol. The number of aryl methyl sites for hydroxylation is 1. The minimum Gasteiger partial charge on any atom is -0.481 e. The van der Waals surface area contributed by atoms with Crippen molar-refractivity contribution in [2.75, 3.05) is 6.54 Å². The predicted octanol–water partition coefficient (Wildman–Crippen LogP) is 3.14. The molecule has 5 nitrogen and oxygen atoms in total. The molecule has 0 aliphatic rings. The minimum atomic E-state index is -0.820. The average molecular weight is 323 g/mol. The third-order valence-electron chi connectivity index (χ3n) is 4.13. The molecule has 0 saturated heterocycles. The number of aromatic nitrogens is 2. The van der Waals surface area contributed by atoms with Gasteiger partial charge in [0, 0.05) is 17.1 Å². The van der Waals surface area contributed by atoms with Gasteiger partial charge in [-0.2, -0.15) is 0 Å². The van der Waals surface area contributed by atoms with E-state index in [0.29, 0.717) is 6.54 Å². The van der Waals surface area contributed by atoms with Crippen LogP contribution in [0.4, 0.5) is 0 Å². The number of fused-ring (bicyclic) bond motifs is 1. The number of nitrogens with zero attached hydrogens (tertiary/aromatic N) is 1. The van der Waals surface area contributed by atoms with Crippen LogP contribution in [0.3, 0.4) is 0 Å². The van der Waals surface area contributed by atoms with E-state index < -0.39 is 5.97 Å². The maximum atomic E-state index is 11.0. The van der Waals surface area contributed by atoms with Crippen molar-refractivity contribution in [2.24, 2.45) is 5.73 Å². The van der Waals surface area contributed by atoms with E-state index in [4.69, 9.17) is 10.8 Å². The van der Waals surface area contributed by atoms with Crippen molar-refractivity contribution in [1.29, 1.82) is 0 Å². The molecule has 0 aliphatic carbocycles. The Morgan fingerprint density at radius 2 is 2.08 bits per heavy atom. The van der Waals surface area contributed by atoms with Gasteiger partial charge in [0.25, 0.3) is 0 Å². The van der Waals surface area contributed by atoms with Crippen LogP contribution in [-0.2, 0) is 17.6 Å². The van der Waals surface area contributed by atoms with E-state index in [2.05, 4.69) is 9.97 Å². The molecule has 0 fully saturated rings. The summed E-state index contributed by atoms with van der Waals surface area (Å²) in [4.78, 5) is 18.9. The van der Waals surface area contributed by atoms with Gasteiger partial charge in [-0.3, -0.25) is 9.78 Å². The second kappa shape index (κ2) is 7.27. The van der Waals surface area contributed by atoms with Crippen molar-refractivity contribution in [3.05, 3.63) is 53.7 Å². The lowest BCUT2D eigenvalue weighted by molar-refractivity contribution is -0.136. The number of pyridine rings is 1. The van der Waals surface area contributed by atoms with Crippen LogP contribution in [0.2, 0.25) is 0 Å². The third-order valence-corrected chi connectivity index (χ3v) is 4.13.